The van der Waals surface area contributed by atoms with E-state index in [1.54, 1.807) is 6.92 Å². The molecular weight excluding hydrogens is 200 g/mol. The van der Waals surface area contributed by atoms with Crippen LogP contribution in [0.4, 0.5) is 0 Å². The lowest BCUT2D eigenvalue weighted by molar-refractivity contribution is 0.275. The molecule has 0 saturated carbocycles. The van der Waals surface area contributed by atoms with E-state index in [1.807, 2.05) is 0 Å². The number of hydrogen-bond acceptors (Lipinski definition) is 3. The summed E-state index contributed by atoms with van der Waals surface area (Å²) in [7, 11) is -3.02. The molecule has 1 aliphatic rings. The summed E-state index contributed by atoms with van der Waals surface area (Å²) < 4.78 is 25.1. The average molecular weight is 220 g/mol. The summed E-state index contributed by atoms with van der Waals surface area (Å²) in [5, 5.41) is 3.28. The number of piperidine rings is 1. The first-order valence-corrected chi connectivity index (χ1v) is 6.88. The van der Waals surface area contributed by atoms with Crippen molar-refractivity contribution in [2.45, 2.75) is 20.3 Å². The first-order chi connectivity index (χ1) is 6.55. The zero-order valence-corrected chi connectivity index (χ0v) is 9.73. The number of hydrogen-bond donors (Lipinski definition) is 2. The second kappa shape index (κ2) is 5.09. The van der Waals surface area contributed by atoms with Gasteiger partial charge in [0, 0.05) is 6.54 Å². The summed E-state index contributed by atoms with van der Waals surface area (Å²) in [5.41, 5.74) is 0. The Hall–Kier alpha value is -0.130. The Morgan fingerprint density at radius 1 is 1.50 bits per heavy atom. The van der Waals surface area contributed by atoms with Gasteiger partial charge < -0.3 is 5.32 Å². The van der Waals surface area contributed by atoms with Crippen LogP contribution in [-0.2, 0) is 10.0 Å². The van der Waals surface area contributed by atoms with E-state index >= 15 is 0 Å². The topological polar surface area (TPSA) is 58.2 Å². The van der Waals surface area contributed by atoms with Gasteiger partial charge in [-0.1, -0.05) is 6.92 Å². The standard InChI is InChI=1S/C9H20N2O2S/c1-3-14(12,13)11-7-9-6-10-5-4-8(9)2/h8-11H,3-7H2,1-2H3. The highest BCUT2D eigenvalue weighted by Crippen LogP contribution is 2.17. The van der Waals surface area contributed by atoms with Crippen LogP contribution in [0.3, 0.4) is 0 Å². The van der Waals surface area contributed by atoms with Crippen molar-refractivity contribution in [1.82, 2.24) is 10.0 Å². The van der Waals surface area contributed by atoms with Crippen LogP contribution in [0.15, 0.2) is 0 Å². The molecule has 2 atom stereocenters. The summed E-state index contributed by atoms with van der Waals surface area (Å²) in [6, 6.07) is 0. The van der Waals surface area contributed by atoms with Crippen LogP contribution in [0.5, 0.6) is 0 Å². The largest absolute Gasteiger partial charge is 0.316 e. The Labute approximate surface area is 86.5 Å². The van der Waals surface area contributed by atoms with Crippen LogP contribution in [0.2, 0.25) is 0 Å². The van der Waals surface area contributed by atoms with E-state index in [-0.39, 0.29) is 5.75 Å². The molecule has 1 aliphatic heterocycles. The van der Waals surface area contributed by atoms with Gasteiger partial charge in [0.2, 0.25) is 10.0 Å². The van der Waals surface area contributed by atoms with Gasteiger partial charge in [0.25, 0.3) is 0 Å². The Balaban J connectivity index is 2.36. The van der Waals surface area contributed by atoms with Gasteiger partial charge in [-0.15, -0.1) is 0 Å². The van der Waals surface area contributed by atoms with Crippen molar-refractivity contribution in [3.63, 3.8) is 0 Å². The Bertz CT molecular complexity index is 264. The predicted molar refractivity (Wildman–Crippen MR) is 57.6 cm³/mol. The second-order valence-corrected chi connectivity index (χ2v) is 6.08. The van der Waals surface area contributed by atoms with Gasteiger partial charge in [0.1, 0.15) is 0 Å². The Morgan fingerprint density at radius 2 is 2.21 bits per heavy atom. The molecule has 14 heavy (non-hydrogen) atoms. The Morgan fingerprint density at radius 3 is 2.79 bits per heavy atom. The minimum absolute atomic E-state index is 0.168. The molecule has 2 unspecified atom stereocenters. The molecular formula is C9H20N2O2S. The fraction of sp³-hybridized carbons (Fsp3) is 1.00. The molecule has 1 fully saturated rings. The van der Waals surface area contributed by atoms with E-state index in [2.05, 4.69) is 17.0 Å². The lowest BCUT2D eigenvalue weighted by Gasteiger charge is -2.29. The highest BCUT2D eigenvalue weighted by atomic mass is 32.2. The van der Waals surface area contributed by atoms with E-state index < -0.39 is 10.0 Å². The molecule has 2 N–H and O–H groups in total. The molecule has 5 heteroatoms. The third kappa shape index (κ3) is 3.55. The first kappa shape index (κ1) is 11.9. The molecule has 0 aromatic rings. The maximum Gasteiger partial charge on any atom is 0.211 e. The highest BCUT2D eigenvalue weighted by Gasteiger charge is 2.22. The van der Waals surface area contributed by atoms with Crippen molar-refractivity contribution in [3.05, 3.63) is 0 Å². The maximum absolute atomic E-state index is 11.2. The number of rotatable bonds is 4. The van der Waals surface area contributed by atoms with Crippen LogP contribution >= 0.6 is 0 Å². The van der Waals surface area contributed by atoms with Crippen molar-refractivity contribution in [2.24, 2.45) is 11.8 Å². The molecule has 0 aromatic carbocycles. The molecule has 0 aliphatic carbocycles. The first-order valence-electron chi connectivity index (χ1n) is 5.23. The van der Waals surface area contributed by atoms with Crippen LogP contribution in [-0.4, -0.2) is 33.8 Å². The molecule has 1 rings (SSSR count). The number of nitrogens with one attached hydrogen (secondary N) is 2. The number of sulfonamides is 1. The van der Waals surface area contributed by atoms with Gasteiger partial charge in [-0.05, 0) is 38.3 Å². The van der Waals surface area contributed by atoms with Crippen molar-refractivity contribution >= 4 is 10.0 Å². The smallest absolute Gasteiger partial charge is 0.211 e. The zero-order chi connectivity index (χ0) is 10.6. The van der Waals surface area contributed by atoms with E-state index in [0.717, 1.165) is 19.5 Å². The summed E-state index contributed by atoms with van der Waals surface area (Å²) in [6.45, 7) is 6.40. The van der Waals surface area contributed by atoms with E-state index in [1.165, 1.54) is 0 Å². The van der Waals surface area contributed by atoms with Gasteiger partial charge in [-0.3, -0.25) is 0 Å². The van der Waals surface area contributed by atoms with E-state index in [0.29, 0.717) is 18.4 Å². The average Bonchev–Trinajstić information content (AvgIpc) is 2.17. The van der Waals surface area contributed by atoms with Crippen LogP contribution < -0.4 is 10.0 Å². The van der Waals surface area contributed by atoms with Crippen LogP contribution in [0.1, 0.15) is 20.3 Å². The van der Waals surface area contributed by atoms with Crippen LogP contribution in [0, 0.1) is 11.8 Å². The van der Waals surface area contributed by atoms with E-state index in [4.69, 9.17) is 0 Å². The molecule has 0 radical (unpaired) electrons. The minimum Gasteiger partial charge on any atom is -0.316 e. The fourth-order valence-corrected chi connectivity index (χ4v) is 2.34. The van der Waals surface area contributed by atoms with Gasteiger partial charge in [0.15, 0.2) is 0 Å². The molecule has 0 bridgehead atoms. The third-order valence-electron chi connectivity index (χ3n) is 2.93. The van der Waals surface area contributed by atoms with Crippen molar-refractivity contribution in [2.75, 3.05) is 25.4 Å². The molecule has 0 aromatic heterocycles. The van der Waals surface area contributed by atoms with E-state index in [9.17, 15) is 8.42 Å². The van der Waals surface area contributed by atoms with Crippen molar-refractivity contribution in [1.29, 1.82) is 0 Å². The molecule has 84 valence electrons. The van der Waals surface area contributed by atoms with Gasteiger partial charge in [-0.2, -0.15) is 0 Å². The third-order valence-corrected chi connectivity index (χ3v) is 4.30. The molecule has 0 amide bonds. The minimum atomic E-state index is -3.02. The summed E-state index contributed by atoms with van der Waals surface area (Å²) in [4.78, 5) is 0. The lowest BCUT2D eigenvalue weighted by Crippen LogP contribution is -2.42. The summed E-state index contributed by atoms with van der Waals surface area (Å²) >= 11 is 0. The SMILES string of the molecule is CCS(=O)(=O)NCC1CNCCC1C. The quantitative estimate of drug-likeness (QED) is 0.710. The lowest BCUT2D eigenvalue weighted by atomic mass is 9.88. The van der Waals surface area contributed by atoms with Gasteiger partial charge >= 0.3 is 0 Å². The zero-order valence-electron chi connectivity index (χ0n) is 8.91. The van der Waals surface area contributed by atoms with Crippen molar-refractivity contribution in [3.8, 4) is 0 Å². The van der Waals surface area contributed by atoms with Crippen LogP contribution in [0.25, 0.3) is 0 Å². The predicted octanol–water partition coefficient (Wildman–Crippen LogP) is 0.171. The summed E-state index contributed by atoms with van der Waals surface area (Å²) in [6.07, 6.45) is 1.14. The second-order valence-electron chi connectivity index (χ2n) is 3.98. The normalized spacial score (nSPS) is 29.0. The molecule has 0 spiro atoms. The van der Waals surface area contributed by atoms with Gasteiger partial charge in [0.05, 0.1) is 5.75 Å². The Kier molecular flexibility index (Phi) is 4.34. The highest BCUT2D eigenvalue weighted by molar-refractivity contribution is 7.89. The molecule has 1 heterocycles. The van der Waals surface area contributed by atoms with Gasteiger partial charge in [-0.25, -0.2) is 13.1 Å². The summed E-state index contributed by atoms with van der Waals surface area (Å²) in [5.74, 6) is 1.21. The monoisotopic (exact) mass is 220 g/mol. The molecule has 1 saturated heterocycles. The maximum atomic E-state index is 11.2. The fourth-order valence-electron chi connectivity index (χ4n) is 1.66. The molecule has 4 nitrogen and oxygen atoms in total. The van der Waals surface area contributed by atoms with Crippen molar-refractivity contribution < 1.29 is 8.42 Å².